The van der Waals surface area contributed by atoms with Crippen molar-refractivity contribution in [2.24, 2.45) is 0 Å². The molecule has 1 saturated heterocycles. The van der Waals surface area contributed by atoms with E-state index in [2.05, 4.69) is 10.2 Å². The molecule has 1 aliphatic rings. The van der Waals surface area contributed by atoms with Crippen LogP contribution < -0.4 is 5.32 Å². The molecule has 1 heterocycles. The Labute approximate surface area is 125 Å². The SMILES string of the molecule is CCOC(=O)N1CCN(CCCNC(=S)SC)CC1. The number of carbonyl (C=O) groups excluding carboxylic acids is 1. The van der Waals surface area contributed by atoms with Gasteiger partial charge in [0, 0.05) is 32.7 Å². The molecule has 0 spiro atoms. The van der Waals surface area contributed by atoms with Crippen LogP contribution in [0.1, 0.15) is 13.3 Å². The van der Waals surface area contributed by atoms with E-state index in [-0.39, 0.29) is 6.09 Å². The lowest BCUT2D eigenvalue weighted by Crippen LogP contribution is -2.49. The molecule has 1 N–H and O–H groups in total. The number of carbonyl (C=O) groups is 1. The maximum atomic E-state index is 11.5. The van der Waals surface area contributed by atoms with Gasteiger partial charge in [-0.1, -0.05) is 12.2 Å². The predicted molar refractivity (Wildman–Crippen MR) is 83.8 cm³/mol. The molecule has 0 atom stereocenters. The lowest BCUT2D eigenvalue weighted by Gasteiger charge is -2.34. The number of ether oxygens (including phenoxy) is 1. The molecular formula is C12H23N3O2S2. The fourth-order valence-corrected chi connectivity index (χ4v) is 2.28. The Bertz CT molecular complexity index is 295. The van der Waals surface area contributed by atoms with E-state index in [0.29, 0.717) is 6.61 Å². The summed E-state index contributed by atoms with van der Waals surface area (Å²) in [5.74, 6) is 0. The third-order valence-electron chi connectivity index (χ3n) is 3.00. The maximum absolute atomic E-state index is 11.5. The molecule has 0 aromatic rings. The molecule has 0 aromatic heterocycles. The minimum Gasteiger partial charge on any atom is -0.450 e. The number of nitrogens with zero attached hydrogens (tertiary/aromatic N) is 2. The van der Waals surface area contributed by atoms with Crippen LogP contribution in [0, 0.1) is 0 Å². The van der Waals surface area contributed by atoms with Crippen molar-refractivity contribution in [2.75, 3.05) is 52.1 Å². The van der Waals surface area contributed by atoms with Crippen LogP contribution in [0.2, 0.25) is 0 Å². The smallest absolute Gasteiger partial charge is 0.409 e. The van der Waals surface area contributed by atoms with Gasteiger partial charge in [-0.15, -0.1) is 11.8 Å². The number of hydrogen-bond acceptors (Lipinski definition) is 5. The Hall–Kier alpha value is -0.530. The Kier molecular flexibility index (Phi) is 8.16. The van der Waals surface area contributed by atoms with Crippen molar-refractivity contribution in [1.29, 1.82) is 0 Å². The Morgan fingerprint density at radius 3 is 2.63 bits per heavy atom. The van der Waals surface area contributed by atoms with Crippen LogP contribution in [-0.4, -0.2) is 72.3 Å². The summed E-state index contributed by atoms with van der Waals surface area (Å²) < 4.78 is 5.85. The number of rotatable bonds is 5. The summed E-state index contributed by atoms with van der Waals surface area (Å²) in [6.45, 7) is 7.60. The molecule has 1 rings (SSSR count). The quantitative estimate of drug-likeness (QED) is 0.612. The second-order valence-corrected chi connectivity index (χ2v) is 5.78. The van der Waals surface area contributed by atoms with Gasteiger partial charge in [0.05, 0.1) is 6.61 Å². The van der Waals surface area contributed by atoms with Gasteiger partial charge in [0.1, 0.15) is 4.32 Å². The summed E-state index contributed by atoms with van der Waals surface area (Å²) in [5.41, 5.74) is 0. The van der Waals surface area contributed by atoms with Crippen molar-refractivity contribution in [3.63, 3.8) is 0 Å². The van der Waals surface area contributed by atoms with Gasteiger partial charge in [0.15, 0.2) is 0 Å². The molecular weight excluding hydrogens is 282 g/mol. The Morgan fingerprint density at radius 1 is 1.37 bits per heavy atom. The number of piperazine rings is 1. The van der Waals surface area contributed by atoms with Crippen molar-refractivity contribution in [3.8, 4) is 0 Å². The van der Waals surface area contributed by atoms with Gasteiger partial charge < -0.3 is 15.0 Å². The van der Waals surface area contributed by atoms with Gasteiger partial charge in [-0.25, -0.2) is 4.79 Å². The van der Waals surface area contributed by atoms with E-state index in [1.54, 1.807) is 16.7 Å². The highest BCUT2D eigenvalue weighted by atomic mass is 32.2. The van der Waals surface area contributed by atoms with Crippen LogP contribution in [0.5, 0.6) is 0 Å². The second kappa shape index (κ2) is 9.39. The molecule has 0 saturated carbocycles. The molecule has 1 fully saturated rings. The van der Waals surface area contributed by atoms with Gasteiger partial charge in [-0.2, -0.15) is 0 Å². The predicted octanol–water partition coefficient (Wildman–Crippen LogP) is 1.39. The molecule has 1 amide bonds. The molecule has 110 valence electrons. The summed E-state index contributed by atoms with van der Waals surface area (Å²) in [7, 11) is 0. The molecule has 0 bridgehead atoms. The first-order valence-electron chi connectivity index (χ1n) is 6.63. The minimum atomic E-state index is -0.186. The van der Waals surface area contributed by atoms with Crippen LogP contribution in [0.3, 0.4) is 0 Å². The summed E-state index contributed by atoms with van der Waals surface area (Å²) in [6.07, 6.45) is 2.86. The average molecular weight is 305 g/mol. The van der Waals surface area contributed by atoms with Gasteiger partial charge in [-0.3, -0.25) is 4.90 Å². The van der Waals surface area contributed by atoms with Crippen LogP contribution >= 0.6 is 24.0 Å². The molecule has 0 unspecified atom stereocenters. The lowest BCUT2D eigenvalue weighted by molar-refractivity contribution is 0.0795. The highest BCUT2D eigenvalue weighted by molar-refractivity contribution is 8.22. The monoisotopic (exact) mass is 305 g/mol. The summed E-state index contributed by atoms with van der Waals surface area (Å²) >= 11 is 6.64. The lowest BCUT2D eigenvalue weighted by atomic mass is 10.3. The molecule has 1 aliphatic heterocycles. The van der Waals surface area contributed by atoms with Crippen LogP contribution in [0.4, 0.5) is 4.79 Å². The molecule has 0 aliphatic carbocycles. The first-order valence-corrected chi connectivity index (χ1v) is 8.26. The topological polar surface area (TPSA) is 44.8 Å². The molecule has 19 heavy (non-hydrogen) atoms. The zero-order chi connectivity index (χ0) is 14.1. The van der Waals surface area contributed by atoms with Crippen molar-refractivity contribution < 1.29 is 9.53 Å². The zero-order valence-corrected chi connectivity index (χ0v) is 13.3. The molecule has 7 heteroatoms. The highest BCUT2D eigenvalue weighted by Crippen LogP contribution is 2.04. The second-order valence-electron chi connectivity index (χ2n) is 4.30. The van der Waals surface area contributed by atoms with Crippen LogP contribution in [0.25, 0.3) is 0 Å². The van der Waals surface area contributed by atoms with E-state index in [9.17, 15) is 4.79 Å². The van der Waals surface area contributed by atoms with Crippen molar-refractivity contribution in [2.45, 2.75) is 13.3 Å². The van der Waals surface area contributed by atoms with Crippen LogP contribution in [0.15, 0.2) is 0 Å². The fourth-order valence-electron chi connectivity index (χ4n) is 1.93. The van der Waals surface area contributed by atoms with Crippen LogP contribution in [-0.2, 0) is 4.74 Å². The zero-order valence-electron chi connectivity index (χ0n) is 11.7. The van der Waals surface area contributed by atoms with E-state index in [1.165, 1.54) is 0 Å². The Balaban J connectivity index is 2.10. The number of hydrogen-bond donors (Lipinski definition) is 1. The van der Waals surface area contributed by atoms with E-state index in [4.69, 9.17) is 17.0 Å². The summed E-state index contributed by atoms with van der Waals surface area (Å²) in [5, 5.41) is 3.20. The normalized spacial score (nSPS) is 16.2. The van der Waals surface area contributed by atoms with Gasteiger partial charge in [0.2, 0.25) is 0 Å². The summed E-state index contributed by atoms with van der Waals surface area (Å²) in [6, 6.07) is 0. The fraction of sp³-hybridized carbons (Fsp3) is 0.833. The Morgan fingerprint density at radius 2 is 2.05 bits per heavy atom. The standard InChI is InChI=1S/C12H23N3O2S2/c1-3-17-12(16)15-9-7-14(8-10-15)6-4-5-13-11(18)19-2/h3-10H2,1-2H3,(H,13,18). The van der Waals surface area contributed by atoms with E-state index < -0.39 is 0 Å². The van der Waals surface area contributed by atoms with Gasteiger partial charge in [-0.05, 0) is 26.1 Å². The number of thioether (sulfide) groups is 1. The third-order valence-corrected chi connectivity index (χ3v) is 4.16. The third kappa shape index (κ3) is 6.44. The van der Waals surface area contributed by atoms with Crippen molar-refractivity contribution >= 4 is 34.4 Å². The van der Waals surface area contributed by atoms with E-state index in [0.717, 1.165) is 50.0 Å². The van der Waals surface area contributed by atoms with Gasteiger partial charge in [0.25, 0.3) is 0 Å². The number of thiocarbonyl (C=S) groups is 1. The maximum Gasteiger partial charge on any atom is 0.409 e. The minimum absolute atomic E-state index is 0.186. The van der Waals surface area contributed by atoms with Gasteiger partial charge >= 0.3 is 6.09 Å². The molecule has 0 radical (unpaired) electrons. The highest BCUT2D eigenvalue weighted by Gasteiger charge is 2.21. The first kappa shape index (κ1) is 16.5. The van der Waals surface area contributed by atoms with E-state index in [1.807, 2.05) is 13.2 Å². The first-order chi connectivity index (χ1) is 9.17. The molecule has 0 aromatic carbocycles. The number of nitrogens with one attached hydrogen (secondary N) is 1. The van der Waals surface area contributed by atoms with Crippen molar-refractivity contribution in [1.82, 2.24) is 15.1 Å². The summed E-state index contributed by atoms with van der Waals surface area (Å²) in [4.78, 5) is 15.7. The molecule has 5 nitrogen and oxygen atoms in total. The largest absolute Gasteiger partial charge is 0.450 e. The van der Waals surface area contributed by atoms with E-state index >= 15 is 0 Å². The number of amides is 1. The van der Waals surface area contributed by atoms with Crippen molar-refractivity contribution in [3.05, 3.63) is 0 Å². The average Bonchev–Trinajstić information content (AvgIpc) is 2.44.